The molecular weight excluding hydrogens is 524 g/mol. The molecule has 0 saturated heterocycles. The highest BCUT2D eigenvalue weighted by molar-refractivity contribution is 7.15. The summed E-state index contributed by atoms with van der Waals surface area (Å²) >= 11 is 1.20. The van der Waals surface area contributed by atoms with Crippen molar-refractivity contribution in [2.75, 3.05) is 11.9 Å². The van der Waals surface area contributed by atoms with Gasteiger partial charge in [0.1, 0.15) is 16.6 Å². The van der Waals surface area contributed by atoms with Crippen molar-refractivity contribution in [3.8, 4) is 11.1 Å². The Hall–Kier alpha value is -4.56. The summed E-state index contributed by atoms with van der Waals surface area (Å²) in [7, 11) is 0. The van der Waals surface area contributed by atoms with Crippen LogP contribution in [0, 0.1) is 0 Å². The van der Waals surface area contributed by atoms with Crippen molar-refractivity contribution in [3.63, 3.8) is 0 Å². The zero-order valence-electron chi connectivity index (χ0n) is 22.2. The number of hydrogen-bond acceptors (Lipinski definition) is 6. The third-order valence-corrected chi connectivity index (χ3v) is 7.79. The number of benzene rings is 3. The fourth-order valence-electron chi connectivity index (χ4n) is 4.81. The number of esters is 1. The summed E-state index contributed by atoms with van der Waals surface area (Å²) in [6, 6.07) is 22.5. The van der Waals surface area contributed by atoms with Gasteiger partial charge in [-0.25, -0.2) is 4.79 Å². The number of thiophene rings is 1. The van der Waals surface area contributed by atoms with E-state index in [4.69, 9.17) is 4.74 Å². The van der Waals surface area contributed by atoms with E-state index >= 15 is 0 Å². The molecular formula is C32H28N2O5S. The van der Waals surface area contributed by atoms with Crippen LogP contribution in [0.5, 0.6) is 0 Å². The molecule has 1 aromatic heterocycles. The fraction of sp³-hybridized carbons (Fsp3) is 0.188. The van der Waals surface area contributed by atoms with Crippen molar-refractivity contribution in [1.82, 2.24) is 4.90 Å². The van der Waals surface area contributed by atoms with Crippen LogP contribution in [0.25, 0.3) is 11.1 Å². The van der Waals surface area contributed by atoms with Crippen molar-refractivity contribution in [2.24, 2.45) is 0 Å². The van der Waals surface area contributed by atoms with E-state index in [9.17, 15) is 19.2 Å². The van der Waals surface area contributed by atoms with E-state index in [1.807, 2.05) is 54.6 Å². The molecule has 0 bridgehead atoms. The molecule has 4 aromatic rings. The molecule has 40 heavy (non-hydrogen) atoms. The average molecular weight is 553 g/mol. The lowest BCUT2D eigenvalue weighted by Crippen LogP contribution is -2.48. The van der Waals surface area contributed by atoms with Gasteiger partial charge in [-0.3, -0.25) is 19.3 Å². The van der Waals surface area contributed by atoms with Crippen molar-refractivity contribution >= 4 is 40.0 Å². The molecule has 1 unspecified atom stereocenters. The Bertz CT molecular complexity index is 1540. The normalized spacial score (nSPS) is 13.2. The van der Waals surface area contributed by atoms with Crippen LogP contribution in [-0.2, 0) is 22.4 Å². The number of carbonyl (C=O) groups excluding carboxylic acids is 4. The SMILES string of the molecule is CCOC(=O)c1c(-c2ccc(CC)cc2)csc1NC(=O)C(Cc1ccccc1)N1C(=O)c2ccccc2C1=O. The summed E-state index contributed by atoms with van der Waals surface area (Å²) in [5, 5.41) is 4.96. The van der Waals surface area contributed by atoms with Gasteiger partial charge < -0.3 is 10.1 Å². The van der Waals surface area contributed by atoms with Crippen molar-refractivity contribution < 1.29 is 23.9 Å². The van der Waals surface area contributed by atoms with E-state index in [1.165, 1.54) is 11.3 Å². The number of rotatable bonds is 9. The summed E-state index contributed by atoms with van der Waals surface area (Å²) in [5.41, 5.74) is 4.17. The molecule has 7 nitrogen and oxygen atoms in total. The highest BCUT2D eigenvalue weighted by Crippen LogP contribution is 2.37. The van der Waals surface area contributed by atoms with Crippen LogP contribution in [0.15, 0.2) is 84.2 Å². The molecule has 0 spiro atoms. The van der Waals surface area contributed by atoms with Crippen molar-refractivity contribution in [2.45, 2.75) is 32.7 Å². The summed E-state index contributed by atoms with van der Waals surface area (Å²) in [4.78, 5) is 54.7. The molecule has 3 aromatic carbocycles. The predicted octanol–water partition coefficient (Wildman–Crippen LogP) is 6.00. The Morgan fingerprint density at radius 2 is 1.45 bits per heavy atom. The second kappa shape index (κ2) is 11.7. The van der Waals surface area contributed by atoms with Crippen molar-refractivity contribution in [1.29, 1.82) is 0 Å². The monoisotopic (exact) mass is 552 g/mol. The van der Waals surface area contributed by atoms with E-state index < -0.39 is 29.7 Å². The van der Waals surface area contributed by atoms with Gasteiger partial charge in [-0.15, -0.1) is 11.3 Å². The number of amides is 3. The Morgan fingerprint density at radius 3 is 2.05 bits per heavy atom. The Kier molecular flexibility index (Phi) is 7.89. The summed E-state index contributed by atoms with van der Waals surface area (Å²) in [6.07, 6.45) is 1.00. The predicted molar refractivity (Wildman–Crippen MR) is 155 cm³/mol. The van der Waals surface area contributed by atoms with Crippen LogP contribution in [0.4, 0.5) is 5.00 Å². The lowest BCUT2D eigenvalue weighted by Gasteiger charge is -2.25. The van der Waals surface area contributed by atoms with Gasteiger partial charge >= 0.3 is 5.97 Å². The van der Waals surface area contributed by atoms with E-state index in [1.54, 1.807) is 36.6 Å². The maximum absolute atomic E-state index is 13.9. The van der Waals surface area contributed by atoms with Crippen molar-refractivity contribution in [3.05, 3.63) is 112 Å². The quantitative estimate of drug-likeness (QED) is 0.203. The van der Waals surface area contributed by atoms with Crippen LogP contribution in [0.1, 0.15) is 56.0 Å². The van der Waals surface area contributed by atoms with Gasteiger partial charge in [0.05, 0.1) is 17.7 Å². The van der Waals surface area contributed by atoms with E-state index in [0.717, 1.165) is 28.0 Å². The van der Waals surface area contributed by atoms with Gasteiger partial charge in [-0.1, -0.05) is 73.7 Å². The second-order valence-electron chi connectivity index (χ2n) is 9.35. The first-order chi connectivity index (χ1) is 19.4. The lowest BCUT2D eigenvalue weighted by atomic mass is 10.0. The van der Waals surface area contributed by atoms with Gasteiger partial charge in [0.2, 0.25) is 5.91 Å². The molecule has 1 N–H and O–H groups in total. The van der Waals surface area contributed by atoms with Crippen LogP contribution in [-0.4, -0.2) is 41.2 Å². The third kappa shape index (κ3) is 5.18. The number of hydrogen-bond donors (Lipinski definition) is 1. The minimum atomic E-state index is -1.14. The number of carbonyl (C=O) groups is 4. The minimum Gasteiger partial charge on any atom is -0.462 e. The van der Waals surface area contributed by atoms with Crippen LogP contribution >= 0.6 is 11.3 Å². The molecule has 1 aliphatic heterocycles. The zero-order chi connectivity index (χ0) is 28.2. The second-order valence-corrected chi connectivity index (χ2v) is 10.2. The molecule has 0 radical (unpaired) electrons. The molecule has 202 valence electrons. The molecule has 0 aliphatic carbocycles. The minimum absolute atomic E-state index is 0.115. The third-order valence-electron chi connectivity index (χ3n) is 6.89. The molecule has 1 aliphatic rings. The molecule has 1 atom stereocenters. The lowest BCUT2D eigenvalue weighted by molar-refractivity contribution is -0.119. The maximum atomic E-state index is 13.9. The average Bonchev–Trinajstić information content (AvgIpc) is 3.51. The fourth-order valence-corrected chi connectivity index (χ4v) is 5.77. The smallest absolute Gasteiger partial charge is 0.341 e. The van der Waals surface area contributed by atoms with E-state index in [-0.39, 0.29) is 29.7 Å². The zero-order valence-corrected chi connectivity index (χ0v) is 23.0. The highest BCUT2D eigenvalue weighted by Gasteiger charge is 2.43. The number of ether oxygens (including phenoxy) is 1. The first-order valence-corrected chi connectivity index (χ1v) is 14.0. The summed E-state index contributed by atoms with van der Waals surface area (Å²) in [6.45, 7) is 3.95. The number of aryl methyl sites for hydroxylation is 1. The standard InChI is InChI=1S/C32H28N2O5S/c1-3-20-14-16-22(17-15-20)25-19-40-29(27(25)32(38)39-4-2)33-28(35)26(18-21-10-6-5-7-11-21)34-30(36)23-12-8-9-13-24(23)31(34)37/h5-17,19,26H,3-4,18H2,1-2H3,(H,33,35). The molecule has 2 heterocycles. The number of imide groups is 1. The molecule has 0 fully saturated rings. The van der Waals surface area contributed by atoms with E-state index in [0.29, 0.717) is 10.6 Å². The highest BCUT2D eigenvalue weighted by atomic mass is 32.1. The van der Waals surface area contributed by atoms with E-state index in [2.05, 4.69) is 12.2 Å². The first kappa shape index (κ1) is 27.0. The molecule has 5 rings (SSSR count). The Morgan fingerprint density at radius 1 is 0.825 bits per heavy atom. The number of nitrogens with zero attached hydrogens (tertiary/aromatic N) is 1. The molecule has 3 amide bonds. The Labute approximate surface area is 236 Å². The van der Waals surface area contributed by atoms with Crippen LogP contribution in [0.2, 0.25) is 0 Å². The number of anilines is 1. The van der Waals surface area contributed by atoms with Gasteiger partial charge in [0.15, 0.2) is 0 Å². The number of nitrogens with one attached hydrogen (secondary N) is 1. The van der Waals surface area contributed by atoms with Gasteiger partial charge in [-0.2, -0.15) is 0 Å². The Balaban J connectivity index is 1.51. The maximum Gasteiger partial charge on any atom is 0.341 e. The topological polar surface area (TPSA) is 92.8 Å². The van der Waals surface area contributed by atoms with Gasteiger partial charge in [0, 0.05) is 17.4 Å². The van der Waals surface area contributed by atoms with Crippen LogP contribution in [0.3, 0.4) is 0 Å². The summed E-state index contributed by atoms with van der Waals surface area (Å²) in [5.74, 6) is -2.18. The van der Waals surface area contributed by atoms with Gasteiger partial charge in [0.25, 0.3) is 11.8 Å². The largest absolute Gasteiger partial charge is 0.462 e. The first-order valence-electron chi connectivity index (χ1n) is 13.1. The van der Waals surface area contributed by atoms with Gasteiger partial charge in [-0.05, 0) is 42.2 Å². The van der Waals surface area contributed by atoms with Crippen LogP contribution < -0.4 is 5.32 Å². The summed E-state index contributed by atoms with van der Waals surface area (Å²) < 4.78 is 5.35. The number of fused-ring (bicyclic) bond motifs is 1. The molecule has 0 saturated carbocycles. The molecule has 8 heteroatoms.